The Labute approximate surface area is 116 Å². The van der Waals surface area contributed by atoms with Gasteiger partial charge in [0.15, 0.2) is 0 Å². The molecule has 0 aromatic heterocycles. The molecule has 7 heteroatoms. The smallest absolute Gasteiger partial charge is 0.478 e. The predicted octanol–water partition coefficient (Wildman–Crippen LogP) is 4.09. The van der Waals surface area contributed by atoms with Crippen molar-refractivity contribution >= 4 is 5.97 Å². The van der Waals surface area contributed by atoms with Gasteiger partial charge >= 0.3 is 12.3 Å². The van der Waals surface area contributed by atoms with Crippen LogP contribution in [0.5, 0.6) is 5.75 Å². The van der Waals surface area contributed by atoms with Crippen molar-refractivity contribution in [2.24, 2.45) is 0 Å². The lowest BCUT2D eigenvalue weighted by molar-refractivity contribution is -0.274. The molecule has 0 fully saturated rings. The summed E-state index contributed by atoms with van der Waals surface area (Å²) in [6.45, 7) is 0. The number of benzene rings is 2. The molecule has 0 heterocycles. The zero-order chi connectivity index (χ0) is 15.6. The van der Waals surface area contributed by atoms with Crippen LogP contribution in [0.4, 0.5) is 17.6 Å². The summed E-state index contributed by atoms with van der Waals surface area (Å²) in [5.74, 6) is -2.35. The highest BCUT2D eigenvalue weighted by Gasteiger charge is 2.31. The van der Waals surface area contributed by atoms with E-state index in [1.807, 2.05) is 0 Å². The van der Waals surface area contributed by atoms with Crippen LogP contribution in [0.15, 0.2) is 42.5 Å². The summed E-state index contributed by atoms with van der Waals surface area (Å²) in [6, 6.07) is 7.67. The lowest BCUT2D eigenvalue weighted by atomic mass is 10.0. The number of halogens is 4. The van der Waals surface area contributed by atoms with Gasteiger partial charge in [-0.15, -0.1) is 13.2 Å². The van der Waals surface area contributed by atoms with E-state index in [9.17, 15) is 22.4 Å². The van der Waals surface area contributed by atoms with Gasteiger partial charge in [-0.3, -0.25) is 0 Å². The molecule has 0 bridgehead atoms. The Balaban J connectivity index is 2.34. The molecular weight excluding hydrogens is 292 g/mol. The normalized spacial score (nSPS) is 11.2. The first-order valence-corrected chi connectivity index (χ1v) is 5.65. The molecule has 2 aromatic rings. The zero-order valence-electron chi connectivity index (χ0n) is 10.3. The molecule has 2 aromatic carbocycles. The summed E-state index contributed by atoms with van der Waals surface area (Å²) < 4.78 is 53.5. The molecule has 0 radical (unpaired) electrons. The molecule has 1 N–H and O–H groups in total. The van der Waals surface area contributed by atoms with Crippen LogP contribution in [0.25, 0.3) is 11.1 Å². The van der Waals surface area contributed by atoms with Crippen LogP contribution in [0.3, 0.4) is 0 Å². The first-order chi connectivity index (χ1) is 9.76. The van der Waals surface area contributed by atoms with Crippen molar-refractivity contribution < 1.29 is 32.2 Å². The van der Waals surface area contributed by atoms with E-state index in [1.54, 1.807) is 0 Å². The first kappa shape index (κ1) is 14.8. The van der Waals surface area contributed by atoms with Crippen LogP contribution in [0.2, 0.25) is 0 Å². The number of alkyl halides is 3. The Morgan fingerprint density at radius 3 is 2.19 bits per heavy atom. The monoisotopic (exact) mass is 300 g/mol. The van der Waals surface area contributed by atoms with Crippen LogP contribution >= 0.6 is 0 Å². The predicted molar refractivity (Wildman–Crippen MR) is 65.5 cm³/mol. The third kappa shape index (κ3) is 3.71. The molecule has 0 atom stereocenters. The van der Waals surface area contributed by atoms with Crippen molar-refractivity contribution in [1.29, 1.82) is 0 Å². The minimum absolute atomic E-state index is 0.0199. The molecule has 0 aliphatic heterocycles. The van der Waals surface area contributed by atoms with Gasteiger partial charge in [-0.25, -0.2) is 9.18 Å². The summed E-state index contributed by atoms with van der Waals surface area (Å²) in [6.07, 6.45) is -4.81. The minimum Gasteiger partial charge on any atom is -0.478 e. The Morgan fingerprint density at radius 2 is 1.67 bits per heavy atom. The van der Waals surface area contributed by atoms with Crippen molar-refractivity contribution in [3.05, 3.63) is 53.8 Å². The number of hydrogen-bond donors (Lipinski definition) is 1. The third-order valence-electron chi connectivity index (χ3n) is 2.61. The Bertz CT molecular complexity index is 663. The van der Waals surface area contributed by atoms with E-state index in [0.29, 0.717) is 0 Å². The Hall–Kier alpha value is -2.57. The van der Waals surface area contributed by atoms with Crippen LogP contribution in [-0.2, 0) is 0 Å². The molecule has 0 spiro atoms. The highest BCUT2D eigenvalue weighted by atomic mass is 19.4. The number of carboxylic acid groups (broad SMARTS) is 1. The van der Waals surface area contributed by atoms with E-state index < -0.39 is 23.9 Å². The maximum atomic E-state index is 13.7. The van der Waals surface area contributed by atoms with Crippen molar-refractivity contribution in [2.45, 2.75) is 6.36 Å². The Morgan fingerprint density at radius 1 is 1.05 bits per heavy atom. The van der Waals surface area contributed by atoms with Crippen molar-refractivity contribution in [3.63, 3.8) is 0 Å². The van der Waals surface area contributed by atoms with E-state index in [0.717, 1.165) is 30.3 Å². The lowest BCUT2D eigenvalue weighted by Crippen LogP contribution is -2.16. The molecule has 0 aliphatic carbocycles. The van der Waals surface area contributed by atoms with Crippen LogP contribution in [0.1, 0.15) is 10.4 Å². The molecule has 0 saturated carbocycles. The average Bonchev–Trinajstić information content (AvgIpc) is 2.38. The van der Waals surface area contributed by atoms with Crippen molar-refractivity contribution in [3.8, 4) is 16.9 Å². The third-order valence-corrected chi connectivity index (χ3v) is 2.61. The number of carboxylic acids is 1. The highest BCUT2D eigenvalue weighted by Crippen LogP contribution is 2.28. The molecule has 2 rings (SSSR count). The van der Waals surface area contributed by atoms with Gasteiger partial charge in [-0.1, -0.05) is 12.1 Å². The maximum absolute atomic E-state index is 13.7. The lowest BCUT2D eigenvalue weighted by Gasteiger charge is -2.10. The summed E-state index contributed by atoms with van der Waals surface area (Å²) in [5.41, 5.74) is 0.0978. The average molecular weight is 300 g/mol. The molecule has 110 valence electrons. The number of hydrogen-bond acceptors (Lipinski definition) is 2. The van der Waals surface area contributed by atoms with Gasteiger partial charge in [-0.05, 0) is 35.9 Å². The summed E-state index contributed by atoms with van der Waals surface area (Å²) in [5, 5.41) is 8.85. The summed E-state index contributed by atoms with van der Waals surface area (Å²) in [7, 11) is 0. The van der Waals surface area contributed by atoms with Gasteiger partial charge in [-0.2, -0.15) is 0 Å². The maximum Gasteiger partial charge on any atom is 0.573 e. The quantitative estimate of drug-likeness (QED) is 0.868. The van der Waals surface area contributed by atoms with Crippen LogP contribution < -0.4 is 4.74 Å². The van der Waals surface area contributed by atoms with E-state index >= 15 is 0 Å². The van der Waals surface area contributed by atoms with E-state index in [-0.39, 0.29) is 16.7 Å². The fourth-order valence-electron chi connectivity index (χ4n) is 1.72. The molecule has 0 saturated heterocycles. The first-order valence-electron chi connectivity index (χ1n) is 5.65. The molecule has 0 unspecified atom stereocenters. The number of rotatable bonds is 3. The fraction of sp³-hybridized carbons (Fsp3) is 0.0714. The van der Waals surface area contributed by atoms with E-state index in [1.165, 1.54) is 12.1 Å². The zero-order valence-corrected chi connectivity index (χ0v) is 10.3. The summed E-state index contributed by atoms with van der Waals surface area (Å²) in [4.78, 5) is 10.8. The minimum atomic E-state index is -4.81. The van der Waals surface area contributed by atoms with Gasteiger partial charge in [0.25, 0.3) is 0 Å². The van der Waals surface area contributed by atoms with Crippen molar-refractivity contribution in [1.82, 2.24) is 0 Å². The second-order valence-electron chi connectivity index (χ2n) is 4.07. The second kappa shape index (κ2) is 5.43. The Kier molecular flexibility index (Phi) is 3.84. The van der Waals surface area contributed by atoms with Gasteiger partial charge in [0, 0.05) is 5.56 Å². The summed E-state index contributed by atoms with van der Waals surface area (Å²) >= 11 is 0. The molecule has 0 aliphatic rings. The van der Waals surface area contributed by atoms with E-state index in [2.05, 4.69) is 4.74 Å². The van der Waals surface area contributed by atoms with E-state index in [4.69, 9.17) is 5.11 Å². The van der Waals surface area contributed by atoms with Gasteiger partial charge < -0.3 is 9.84 Å². The van der Waals surface area contributed by atoms with Gasteiger partial charge in [0.05, 0.1) is 5.56 Å². The standard InChI is InChI=1S/C14H8F4O3/c15-12-6-3-9(13(19)20)7-11(12)8-1-4-10(5-2-8)21-14(16,17)18/h1-7H,(H,19,20). The van der Waals surface area contributed by atoms with Gasteiger partial charge in [0.2, 0.25) is 0 Å². The van der Waals surface area contributed by atoms with Crippen LogP contribution in [-0.4, -0.2) is 17.4 Å². The second-order valence-corrected chi connectivity index (χ2v) is 4.07. The fourth-order valence-corrected chi connectivity index (χ4v) is 1.72. The highest BCUT2D eigenvalue weighted by molar-refractivity contribution is 5.89. The number of carbonyl (C=O) groups is 1. The van der Waals surface area contributed by atoms with Crippen molar-refractivity contribution in [2.75, 3.05) is 0 Å². The topological polar surface area (TPSA) is 46.5 Å². The van der Waals surface area contributed by atoms with Gasteiger partial charge in [0.1, 0.15) is 11.6 Å². The SMILES string of the molecule is O=C(O)c1ccc(F)c(-c2ccc(OC(F)(F)F)cc2)c1. The molecule has 3 nitrogen and oxygen atoms in total. The van der Waals surface area contributed by atoms with Crippen LogP contribution in [0, 0.1) is 5.82 Å². The molecule has 0 amide bonds. The number of aromatic carboxylic acids is 1. The largest absolute Gasteiger partial charge is 0.573 e. The molecular formula is C14H8F4O3. The molecule has 21 heavy (non-hydrogen) atoms. The number of ether oxygens (including phenoxy) is 1.